The highest BCUT2D eigenvalue weighted by Gasteiger charge is 2.28. The summed E-state index contributed by atoms with van der Waals surface area (Å²) in [6.07, 6.45) is 4.84. The Balaban J connectivity index is 1.41. The zero-order chi connectivity index (χ0) is 22.5. The molecule has 3 amide bonds. The normalized spacial score (nSPS) is 16.6. The Morgan fingerprint density at radius 1 is 1.19 bits per heavy atom. The largest absolute Gasteiger partial charge is 0.346 e. The Morgan fingerprint density at radius 2 is 2.00 bits per heavy atom. The van der Waals surface area contributed by atoms with E-state index in [4.69, 9.17) is 0 Å². The summed E-state index contributed by atoms with van der Waals surface area (Å²) >= 11 is 1.68. The highest BCUT2D eigenvalue weighted by molar-refractivity contribution is 7.98. The minimum atomic E-state index is -0.792. The zero-order valence-electron chi connectivity index (χ0n) is 17.6. The molecule has 9 nitrogen and oxygen atoms in total. The van der Waals surface area contributed by atoms with Crippen molar-refractivity contribution in [3.8, 4) is 0 Å². The van der Waals surface area contributed by atoms with Crippen LogP contribution in [-0.2, 0) is 9.59 Å². The first-order valence-electron chi connectivity index (χ1n) is 10.4. The second-order valence-corrected chi connectivity index (χ2v) is 8.47. The van der Waals surface area contributed by atoms with E-state index < -0.39 is 6.04 Å². The van der Waals surface area contributed by atoms with Gasteiger partial charge in [-0.2, -0.15) is 11.8 Å². The number of hydrogen-bond acceptors (Lipinski definition) is 6. The lowest BCUT2D eigenvalue weighted by molar-refractivity contribution is -0.122. The van der Waals surface area contributed by atoms with E-state index in [1.54, 1.807) is 36.0 Å². The molecule has 3 N–H and O–H groups in total. The fourth-order valence-electron chi connectivity index (χ4n) is 3.66. The molecule has 0 bridgehead atoms. The van der Waals surface area contributed by atoms with Crippen molar-refractivity contribution < 1.29 is 14.4 Å². The molecule has 4 rings (SSSR count). The van der Waals surface area contributed by atoms with Gasteiger partial charge in [0.05, 0.1) is 17.3 Å². The summed E-state index contributed by atoms with van der Waals surface area (Å²) in [5, 5.41) is 17.0. The first kappa shape index (κ1) is 21.8. The third kappa shape index (κ3) is 4.75. The summed E-state index contributed by atoms with van der Waals surface area (Å²) in [5.74, 6) is 0.619. The van der Waals surface area contributed by atoms with Crippen LogP contribution in [0, 0.1) is 0 Å². The van der Waals surface area contributed by atoms with E-state index in [2.05, 4.69) is 26.1 Å². The van der Waals surface area contributed by atoms with Crippen LogP contribution in [0.5, 0.6) is 0 Å². The minimum absolute atomic E-state index is 0.0845. The molecule has 10 heteroatoms. The van der Waals surface area contributed by atoms with Gasteiger partial charge < -0.3 is 16.0 Å². The summed E-state index contributed by atoms with van der Waals surface area (Å²) in [4.78, 5) is 37.8. The number of nitrogens with one attached hydrogen (secondary N) is 3. The van der Waals surface area contributed by atoms with E-state index in [-0.39, 0.29) is 36.6 Å². The standard InChI is InChI=1S/C22H24N6O3S/c1-32-13-11-16(20-27-26-18-8-4-5-12-28(18)20)23-19(29)10-9-17-22(31)24-15-7-3-2-6-14(15)21(30)25-17/h2-8,12,16-17H,9-11,13H2,1H3,(H,23,29)(H,24,31)(H,25,30)/t16-,17+/m1/s1. The van der Waals surface area contributed by atoms with Crippen molar-refractivity contribution in [2.45, 2.75) is 31.3 Å². The van der Waals surface area contributed by atoms with Crippen LogP contribution in [0.2, 0.25) is 0 Å². The average molecular weight is 453 g/mol. The molecule has 1 aliphatic heterocycles. The third-order valence-electron chi connectivity index (χ3n) is 5.31. The molecule has 0 aliphatic carbocycles. The summed E-state index contributed by atoms with van der Waals surface area (Å²) in [6.45, 7) is 0. The maximum absolute atomic E-state index is 12.8. The number of aromatic nitrogens is 3. The number of carbonyl (C=O) groups excluding carboxylic acids is 3. The lowest BCUT2D eigenvalue weighted by Crippen LogP contribution is -2.42. The molecule has 0 spiro atoms. The summed E-state index contributed by atoms with van der Waals surface area (Å²) in [7, 11) is 0. The van der Waals surface area contributed by atoms with Crippen molar-refractivity contribution in [1.29, 1.82) is 0 Å². The van der Waals surface area contributed by atoms with Gasteiger partial charge in [-0.15, -0.1) is 10.2 Å². The first-order chi connectivity index (χ1) is 15.6. The quantitative estimate of drug-likeness (QED) is 0.482. The lowest BCUT2D eigenvalue weighted by Gasteiger charge is -2.18. The van der Waals surface area contributed by atoms with E-state index in [0.29, 0.717) is 29.1 Å². The number of hydrogen-bond donors (Lipinski definition) is 3. The molecular weight excluding hydrogens is 428 g/mol. The van der Waals surface area contributed by atoms with Crippen LogP contribution in [-0.4, -0.2) is 50.4 Å². The highest BCUT2D eigenvalue weighted by Crippen LogP contribution is 2.21. The summed E-state index contributed by atoms with van der Waals surface area (Å²) in [6, 6.07) is 11.3. The smallest absolute Gasteiger partial charge is 0.254 e. The lowest BCUT2D eigenvalue weighted by atomic mass is 10.1. The number of nitrogens with zero attached hydrogens (tertiary/aromatic N) is 3. The number of fused-ring (bicyclic) bond motifs is 2. The topological polar surface area (TPSA) is 117 Å². The fraction of sp³-hybridized carbons (Fsp3) is 0.318. The summed E-state index contributed by atoms with van der Waals surface area (Å²) < 4.78 is 1.86. The Kier molecular flexibility index (Phi) is 6.69. The molecule has 0 unspecified atom stereocenters. The van der Waals surface area contributed by atoms with Crippen LogP contribution in [0.3, 0.4) is 0 Å². The van der Waals surface area contributed by atoms with Gasteiger partial charge in [0.25, 0.3) is 5.91 Å². The fourth-order valence-corrected chi connectivity index (χ4v) is 4.13. The average Bonchev–Trinajstić information content (AvgIpc) is 3.18. The van der Waals surface area contributed by atoms with Crippen LogP contribution in [0.4, 0.5) is 5.69 Å². The predicted molar refractivity (Wildman–Crippen MR) is 122 cm³/mol. The van der Waals surface area contributed by atoms with Crippen LogP contribution < -0.4 is 16.0 Å². The molecule has 2 atom stereocenters. The number of para-hydroxylation sites is 1. The molecule has 0 saturated heterocycles. The molecule has 32 heavy (non-hydrogen) atoms. The minimum Gasteiger partial charge on any atom is -0.346 e. The van der Waals surface area contributed by atoms with Crippen LogP contribution in [0.15, 0.2) is 48.7 Å². The second kappa shape index (κ2) is 9.82. The molecule has 1 aliphatic rings. The van der Waals surface area contributed by atoms with Gasteiger partial charge >= 0.3 is 0 Å². The molecule has 3 heterocycles. The number of benzene rings is 1. The van der Waals surface area contributed by atoms with Crippen LogP contribution >= 0.6 is 11.8 Å². The van der Waals surface area contributed by atoms with E-state index in [1.807, 2.05) is 35.1 Å². The maximum Gasteiger partial charge on any atom is 0.254 e. The number of carbonyl (C=O) groups is 3. The molecule has 0 fully saturated rings. The van der Waals surface area contributed by atoms with Gasteiger partial charge in [-0.05, 0) is 49.1 Å². The second-order valence-electron chi connectivity index (χ2n) is 7.49. The van der Waals surface area contributed by atoms with E-state index in [1.165, 1.54) is 0 Å². The van der Waals surface area contributed by atoms with Crippen molar-refractivity contribution in [2.24, 2.45) is 0 Å². The first-order valence-corrected chi connectivity index (χ1v) is 11.7. The Labute approximate surface area is 189 Å². The number of anilines is 1. The van der Waals surface area contributed by atoms with E-state index >= 15 is 0 Å². The molecule has 2 aromatic heterocycles. The molecule has 0 radical (unpaired) electrons. The van der Waals surface area contributed by atoms with Gasteiger partial charge in [0.1, 0.15) is 6.04 Å². The van der Waals surface area contributed by atoms with Gasteiger partial charge in [-0.1, -0.05) is 18.2 Å². The van der Waals surface area contributed by atoms with E-state index in [9.17, 15) is 14.4 Å². The van der Waals surface area contributed by atoms with Gasteiger partial charge in [-0.25, -0.2) is 0 Å². The molecule has 3 aromatic rings. The Hall–Kier alpha value is -3.40. The SMILES string of the molecule is CSCC[C@@H](NC(=O)CC[C@@H]1NC(=O)c2ccccc2NC1=O)c1nnc2ccccn12. The highest BCUT2D eigenvalue weighted by atomic mass is 32.2. The van der Waals surface area contributed by atoms with Gasteiger partial charge in [-0.3, -0.25) is 18.8 Å². The van der Waals surface area contributed by atoms with Crippen molar-refractivity contribution in [1.82, 2.24) is 25.2 Å². The predicted octanol–water partition coefficient (Wildman–Crippen LogP) is 2.17. The monoisotopic (exact) mass is 452 g/mol. The molecule has 0 saturated carbocycles. The van der Waals surface area contributed by atoms with Crippen molar-refractivity contribution in [3.05, 3.63) is 60.0 Å². The van der Waals surface area contributed by atoms with Gasteiger partial charge in [0.15, 0.2) is 11.5 Å². The molecule has 166 valence electrons. The number of pyridine rings is 1. The maximum atomic E-state index is 12.8. The van der Waals surface area contributed by atoms with E-state index in [0.717, 1.165) is 5.75 Å². The van der Waals surface area contributed by atoms with Crippen LogP contribution in [0.1, 0.15) is 41.5 Å². The van der Waals surface area contributed by atoms with Crippen molar-refractivity contribution in [3.63, 3.8) is 0 Å². The Morgan fingerprint density at radius 3 is 2.84 bits per heavy atom. The molecule has 1 aromatic carbocycles. The van der Waals surface area contributed by atoms with Gasteiger partial charge in [0.2, 0.25) is 11.8 Å². The number of thioether (sulfide) groups is 1. The third-order valence-corrected chi connectivity index (χ3v) is 5.95. The molecular formula is C22H24N6O3S. The van der Waals surface area contributed by atoms with Crippen LogP contribution in [0.25, 0.3) is 5.65 Å². The zero-order valence-corrected chi connectivity index (χ0v) is 18.4. The Bertz CT molecular complexity index is 1150. The number of amides is 3. The summed E-state index contributed by atoms with van der Waals surface area (Å²) in [5.41, 5.74) is 1.59. The van der Waals surface area contributed by atoms with Crippen molar-refractivity contribution >= 4 is 40.8 Å². The van der Waals surface area contributed by atoms with Gasteiger partial charge in [0, 0.05) is 12.6 Å². The van der Waals surface area contributed by atoms with Crippen molar-refractivity contribution in [2.75, 3.05) is 17.3 Å². The number of rotatable bonds is 8.